The number of aliphatic hydroxyl groups excluding tert-OH is 1. The molecule has 1 saturated heterocycles. The van der Waals surface area contributed by atoms with Gasteiger partial charge >= 0.3 is 0 Å². The quantitative estimate of drug-likeness (QED) is 0.725. The van der Waals surface area contributed by atoms with Gasteiger partial charge in [0.2, 0.25) is 5.91 Å². The van der Waals surface area contributed by atoms with Gasteiger partial charge in [-0.25, -0.2) is 13.2 Å². The monoisotopic (exact) mass is 406 g/mol. The maximum Gasteiger partial charge on any atom is 0.244 e. The summed E-state index contributed by atoms with van der Waals surface area (Å²) >= 11 is 0. The van der Waals surface area contributed by atoms with Crippen LogP contribution in [0.25, 0.3) is 6.08 Å². The number of ether oxygens (including phenoxy) is 1. The number of morpholine rings is 1. The predicted octanol–water partition coefficient (Wildman–Crippen LogP) is 2.80. The van der Waals surface area contributed by atoms with Crippen molar-refractivity contribution in [3.63, 3.8) is 0 Å². The molecule has 0 aliphatic carbocycles. The van der Waals surface area contributed by atoms with Gasteiger partial charge in [-0.05, 0) is 35.9 Å². The number of aliphatic hydroxyl groups is 1. The Labute approximate surface area is 166 Å². The minimum absolute atomic E-state index is 0.0542. The topological polar surface area (TPSA) is 61.8 Å². The summed E-state index contributed by atoms with van der Waals surface area (Å²) < 4.78 is 46.1. The summed E-state index contributed by atoms with van der Waals surface area (Å²) in [6.07, 6.45) is 2.30. The van der Waals surface area contributed by atoms with Crippen LogP contribution in [0.4, 0.5) is 18.9 Å². The van der Waals surface area contributed by atoms with Crippen LogP contribution in [-0.4, -0.2) is 43.9 Å². The Kier molecular flexibility index (Phi) is 6.90. The second-order valence-corrected chi connectivity index (χ2v) is 6.55. The first-order chi connectivity index (χ1) is 14.0. The van der Waals surface area contributed by atoms with E-state index in [1.807, 2.05) is 4.90 Å². The van der Waals surface area contributed by atoms with Gasteiger partial charge in [0.1, 0.15) is 17.5 Å². The molecule has 1 atom stereocenters. The molecule has 1 amide bonds. The van der Waals surface area contributed by atoms with Crippen molar-refractivity contribution < 1.29 is 27.8 Å². The lowest BCUT2D eigenvalue weighted by Gasteiger charge is -2.30. The molecule has 0 radical (unpaired) electrons. The van der Waals surface area contributed by atoms with Crippen LogP contribution in [-0.2, 0) is 9.53 Å². The van der Waals surface area contributed by atoms with Crippen LogP contribution < -0.4 is 10.2 Å². The average molecular weight is 406 g/mol. The van der Waals surface area contributed by atoms with Gasteiger partial charge in [-0.3, -0.25) is 4.79 Å². The molecule has 154 valence electrons. The number of anilines is 1. The van der Waals surface area contributed by atoms with Crippen LogP contribution in [0.15, 0.2) is 42.5 Å². The van der Waals surface area contributed by atoms with Gasteiger partial charge < -0.3 is 20.1 Å². The summed E-state index contributed by atoms with van der Waals surface area (Å²) in [5.41, 5.74) is 0.964. The molecule has 2 aromatic carbocycles. The zero-order valence-electron chi connectivity index (χ0n) is 15.6. The van der Waals surface area contributed by atoms with Crippen LogP contribution in [0.1, 0.15) is 17.2 Å². The molecule has 5 nitrogen and oxygen atoms in total. The summed E-state index contributed by atoms with van der Waals surface area (Å²) in [5.74, 6) is -2.48. The summed E-state index contributed by atoms with van der Waals surface area (Å²) in [6.45, 7) is 1.67. The molecule has 1 aliphatic rings. The lowest BCUT2D eigenvalue weighted by molar-refractivity contribution is -0.117. The SMILES string of the molecule is O=C(C=Cc1ccc(F)cc1F)N[C@@H](CO)c1ccc(F)c(N2CCOCC2)c1. The maximum atomic E-state index is 14.3. The van der Waals surface area contributed by atoms with Crippen molar-refractivity contribution in [3.8, 4) is 0 Å². The number of hydrogen-bond donors (Lipinski definition) is 2. The molecule has 1 fully saturated rings. The number of amides is 1. The van der Waals surface area contributed by atoms with E-state index in [9.17, 15) is 23.1 Å². The number of rotatable bonds is 6. The number of nitrogens with one attached hydrogen (secondary N) is 1. The van der Waals surface area contributed by atoms with Crippen LogP contribution >= 0.6 is 0 Å². The number of hydrogen-bond acceptors (Lipinski definition) is 4. The summed E-state index contributed by atoms with van der Waals surface area (Å²) in [6, 6.07) is 6.62. The zero-order valence-corrected chi connectivity index (χ0v) is 15.6. The Bertz CT molecular complexity index is 899. The summed E-state index contributed by atoms with van der Waals surface area (Å²) in [7, 11) is 0. The maximum absolute atomic E-state index is 14.3. The van der Waals surface area contributed by atoms with E-state index in [-0.39, 0.29) is 5.56 Å². The van der Waals surface area contributed by atoms with Crippen LogP contribution in [0, 0.1) is 17.5 Å². The highest BCUT2D eigenvalue weighted by Crippen LogP contribution is 2.25. The minimum atomic E-state index is -0.790. The zero-order chi connectivity index (χ0) is 20.8. The summed E-state index contributed by atoms with van der Waals surface area (Å²) in [4.78, 5) is 14.0. The van der Waals surface area contributed by atoms with E-state index < -0.39 is 36.0 Å². The van der Waals surface area contributed by atoms with E-state index in [1.165, 1.54) is 24.3 Å². The minimum Gasteiger partial charge on any atom is -0.394 e. The molecule has 0 spiro atoms. The Morgan fingerprint density at radius 3 is 2.59 bits per heavy atom. The van der Waals surface area contributed by atoms with E-state index in [1.54, 1.807) is 6.07 Å². The first kappa shape index (κ1) is 20.9. The van der Waals surface area contributed by atoms with E-state index >= 15 is 0 Å². The molecule has 1 heterocycles. The number of benzene rings is 2. The second kappa shape index (κ2) is 9.58. The fraction of sp³-hybridized carbons (Fsp3) is 0.286. The first-order valence-corrected chi connectivity index (χ1v) is 9.14. The molecule has 3 rings (SSSR count). The molecular formula is C21H21F3N2O3. The molecular weight excluding hydrogens is 385 g/mol. The molecule has 0 bridgehead atoms. The van der Waals surface area contributed by atoms with Gasteiger partial charge in [0.05, 0.1) is 31.5 Å². The smallest absolute Gasteiger partial charge is 0.244 e. The van der Waals surface area contributed by atoms with Crippen molar-refractivity contribution in [3.05, 3.63) is 71.1 Å². The Morgan fingerprint density at radius 1 is 1.14 bits per heavy atom. The lowest BCUT2D eigenvalue weighted by Crippen LogP contribution is -2.37. The van der Waals surface area contributed by atoms with Gasteiger partial charge in [0.25, 0.3) is 0 Å². The fourth-order valence-corrected chi connectivity index (χ4v) is 3.05. The lowest BCUT2D eigenvalue weighted by atomic mass is 10.1. The Morgan fingerprint density at radius 2 is 1.90 bits per heavy atom. The van der Waals surface area contributed by atoms with Crippen molar-refractivity contribution >= 4 is 17.7 Å². The largest absolute Gasteiger partial charge is 0.394 e. The molecule has 2 N–H and O–H groups in total. The standard InChI is InChI=1S/C21H21F3N2O3/c22-16-4-1-14(18(24)12-16)3-6-21(28)25-19(13-27)15-2-5-17(23)20(11-15)26-7-9-29-10-8-26/h1-6,11-12,19,27H,7-10,13H2,(H,25,28)/t19-/m0/s1. The third-order valence-electron chi connectivity index (χ3n) is 4.60. The first-order valence-electron chi connectivity index (χ1n) is 9.14. The molecule has 0 unspecified atom stereocenters. The highest BCUT2D eigenvalue weighted by molar-refractivity contribution is 5.92. The Balaban J connectivity index is 1.72. The highest BCUT2D eigenvalue weighted by atomic mass is 19.1. The Hall–Kier alpha value is -2.84. The normalized spacial score (nSPS) is 15.5. The van der Waals surface area contributed by atoms with Crippen molar-refractivity contribution in [1.29, 1.82) is 0 Å². The highest BCUT2D eigenvalue weighted by Gasteiger charge is 2.19. The van der Waals surface area contributed by atoms with Gasteiger partial charge in [0.15, 0.2) is 0 Å². The summed E-state index contributed by atoms with van der Waals surface area (Å²) in [5, 5.41) is 12.3. The molecule has 0 aromatic heterocycles. The van der Waals surface area contributed by atoms with Gasteiger partial charge in [-0.15, -0.1) is 0 Å². The van der Waals surface area contributed by atoms with Crippen molar-refractivity contribution in [1.82, 2.24) is 5.32 Å². The van der Waals surface area contributed by atoms with Crippen LogP contribution in [0.5, 0.6) is 0 Å². The van der Waals surface area contributed by atoms with Gasteiger partial charge in [-0.1, -0.05) is 6.07 Å². The number of halogens is 3. The average Bonchev–Trinajstić information content (AvgIpc) is 2.72. The number of nitrogens with zero attached hydrogens (tertiary/aromatic N) is 1. The van der Waals surface area contributed by atoms with Gasteiger partial charge in [0, 0.05) is 30.8 Å². The van der Waals surface area contributed by atoms with E-state index in [0.717, 1.165) is 18.2 Å². The third kappa shape index (κ3) is 5.36. The number of carbonyl (C=O) groups is 1. The molecule has 8 heteroatoms. The van der Waals surface area contributed by atoms with Gasteiger partial charge in [-0.2, -0.15) is 0 Å². The van der Waals surface area contributed by atoms with Crippen molar-refractivity contribution in [2.75, 3.05) is 37.8 Å². The van der Waals surface area contributed by atoms with E-state index in [4.69, 9.17) is 4.74 Å². The molecule has 2 aromatic rings. The second-order valence-electron chi connectivity index (χ2n) is 6.55. The number of carbonyl (C=O) groups excluding carboxylic acids is 1. The van der Waals surface area contributed by atoms with E-state index in [2.05, 4.69) is 5.32 Å². The molecule has 0 saturated carbocycles. The predicted molar refractivity (Wildman–Crippen MR) is 103 cm³/mol. The third-order valence-corrected chi connectivity index (χ3v) is 4.60. The van der Waals surface area contributed by atoms with Crippen LogP contribution in [0.2, 0.25) is 0 Å². The van der Waals surface area contributed by atoms with Crippen LogP contribution in [0.3, 0.4) is 0 Å². The fourth-order valence-electron chi connectivity index (χ4n) is 3.05. The molecule has 1 aliphatic heterocycles. The molecule has 29 heavy (non-hydrogen) atoms. The van der Waals surface area contributed by atoms with Crippen molar-refractivity contribution in [2.45, 2.75) is 6.04 Å². The van der Waals surface area contributed by atoms with Crippen molar-refractivity contribution in [2.24, 2.45) is 0 Å². The van der Waals surface area contributed by atoms with E-state index in [0.29, 0.717) is 37.6 Å².